The molecule has 0 unspecified atom stereocenters. The van der Waals surface area contributed by atoms with E-state index in [1.165, 1.54) is 0 Å². The van der Waals surface area contributed by atoms with Gasteiger partial charge in [0.25, 0.3) is 0 Å². The number of nitrogens with zero attached hydrogens (tertiary/aromatic N) is 4. The molecule has 2 fully saturated rings. The maximum Gasteiger partial charge on any atom is 2.00 e. The molecule has 0 radical (unpaired) electrons. The second-order valence-electron chi connectivity index (χ2n) is 10.5. The number of benzene rings is 2. The predicted molar refractivity (Wildman–Crippen MR) is 148 cm³/mol. The van der Waals surface area contributed by atoms with Gasteiger partial charge in [-0.2, -0.15) is 0 Å². The number of fused-ring (bicyclic) bond motifs is 6. The van der Waals surface area contributed by atoms with Crippen molar-refractivity contribution in [2.45, 2.75) is 89.4 Å². The van der Waals surface area contributed by atoms with Crippen molar-refractivity contribution in [1.29, 1.82) is 0 Å². The van der Waals surface area contributed by atoms with E-state index in [4.69, 9.17) is 20.0 Å². The first-order valence-corrected chi connectivity index (χ1v) is 13.3. The van der Waals surface area contributed by atoms with E-state index in [0.29, 0.717) is 22.3 Å². The largest absolute Gasteiger partial charge is 2.00 e. The molecule has 6 nitrogen and oxygen atoms in total. The minimum absolute atomic E-state index is 0. The molecule has 2 saturated carbocycles. The van der Waals surface area contributed by atoms with Crippen molar-refractivity contribution in [1.82, 2.24) is 0 Å². The van der Waals surface area contributed by atoms with Crippen molar-refractivity contribution < 1.29 is 49.2 Å². The summed E-state index contributed by atoms with van der Waals surface area (Å²) in [5, 5.41) is 22.1. The Morgan fingerprint density at radius 1 is 0.500 bits per heavy atom. The van der Waals surface area contributed by atoms with Crippen LogP contribution in [0, 0.1) is 13.8 Å². The first-order chi connectivity index (χ1) is 17.5. The maximum atomic E-state index is 11.0. The van der Waals surface area contributed by atoms with Crippen molar-refractivity contribution in [3.05, 3.63) is 57.6 Å². The number of phenols is 2. The van der Waals surface area contributed by atoms with Crippen molar-refractivity contribution in [3.63, 3.8) is 0 Å². The van der Waals surface area contributed by atoms with Crippen LogP contribution in [0.5, 0.6) is 11.5 Å². The smallest absolute Gasteiger partial charge is 0.507 e. The van der Waals surface area contributed by atoms with Crippen LogP contribution in [-0.4, -0.2) is 59.2 Å². The Morgan fingerprint density at radius 2 is 0.737 bits per heavy atom. The maximum absolute atomic E-state index is 11.0. The van der Waals surface area contributed by atoms with Crippen LogP contribution in [0.3, 0.4) is 0 Å². The normalized spacial score (nSPS) is 24.7. The molecule has 2 aliphatic carbocycles. The number of hydrogen-bond donors (Lipinski definition) is 2. The van der Waals surface area contributed by atoms with Crippen molar-refractivity contribution in [2.75, 3.05) is 0 Å². The van der Waals surface area contributed by atoms with Gasteiger partial charge in [-0.1, -0.05) is 25.7 Å². The number of aromatic hydroxyl groups is 2. The van der Waals surface area contributed by atoms with E-state index in [2.05, 4.69) is 0 Å². The number of rotatable bonds is 0. The van der Waals surface area contributed by atoms with Crippen LogP contribution in [0.4, 0.5) is 0 Å². The first-order valence-electron chi connectivity index (χ1n) is 13.3. The van der Waals surface area contributed by atoms with Gasteiger partial charge in [-0.3, -0.25) is 20.0 Å². The average molecular weight is 615 g/mol. The Kier molecular flexibility index (Phi) is 11.1. The zero-order valence-corrected chi connectivity index (χ0v) is 28.6. The van der Waals surface area contributed by atoms with Crippen molar-refractivity contribution in [3.8, 4) is 11.5 Å². The topological polar surface area (TPSA) is 89.9 Å². The summed E-state index contributed by atoms with van der Waals surface area (Å²) in [4.78, 5) is 19.6. The molecule has 188 valence electrons. The van der Waals surface area contributed by atoms with E-state index >= 15 is 0 Å². The fraction of sp³-hybridized carbons (Fsp3) is 0.467. The molecule has 0 aromatic heterocycles. The van der Waals surface area contributed by atoms with Crippen LogP contribution in [0.15, 0.2) is 44.2 Å². The van der Waals surface area contributed by atoms with E-state index in [0.717, 1.165) is 62.5 Å². The Morgan fingerprint density at radius 3 is 0.974 bits per heavy atom. The minimum atomic E-state index is 0. The molecule has 1 heterocycles. The van der Waals surface area contributed by atoms with Gasteiger partial charge in [-0.25, -0.2) is 0 Å². The van der Waals surface area contributed by atoms with E-state index in [-0.39, 0.29) is 74.6 Å². The molecule has 4 atom stereocenters. The molecule has 0 amide bonds. The Balaban J connectivity index is 0.00000200. The van der Waals surface area contributed by atoms with Gasteiger partial charge in [0.2, 0.25) is 0 Å². The van der Waals surface area contributed by atoms with Gasteiger partial charge in [0.1, 0.15) is 11.5 Å². The summed E-state index contributed by atoms with van der Waals surface area (Å²) in [6.45, 7) is 4.06. The second kappa shape index (κ2) is 13.9. The molecule has 8 heteroatoms. The fourth-order valence-electron chi connectivity index (χ4n) is 5.65. The summed E-state index contributed by atoms with van der Waals surface area (Å²) in [7, 11) is 0. The third-order valence-electron chi connectivity index (χ3n) is 7.63. The summed E-state index contributed by atoms with van der Waals surface area (Å²) < 4.78 is 0. The van der Waals surface area contributed by atoms with Crippen LogP contribution in [-0.2, 0) is 39.0 Å². The SMILES string of the molecule is Cc1cc2c(O)c(c1)C=N[C@H]1CCCC[C@H]1N=Cc1cc(C)cc(c1O)C=N[C@@H]1CCCC[C@@H]1N=C2.[Zn+2].[Zn+2]. The molecule has 0 spiro atoms. The predicted octanol–water partition coefficient (Wildman–Crippen LogP) is 5.72. The molecule has 38 heavy (non-hydrogen) atoms. The van der Waals surface area contributed by atoms with Gasteiger partial charge in [-0.05, 0) is 74.9 Å². The number of hydrogen-bond acceptors (Lipinski definition) is 6. The molecular weight excluding hydrogens is 579 g/mol. The summed E-state index contributed by atoms with van der Waals surface area (Å²) >= 11 is 0. The van der Waals surface area contributed by atoms with E-state index < -0.39 is 0 Å². The fourth-order valence-corrected chi connectivity index (χ4v) is 5.65. The zero-order chi connectivity index (χ0) is 25.1. The van der Waals surface area contributed by atoms with Crippen molar-refractivity contribution in [2.24, 2.45) is 20.0 Å². The van der Waals surface area contributed by atoms with Gasteiger partial charge >= 0.3 is 39.0 Å². The molecule has 3 aliphatic rings. The van der Waals surface area contributed by atoms with Gasteiger partial charge in [0, 0.05) is 47.1 Å². The van der Waals surface area contributed by atoms with Crippen molar-refractivity contribution >= 4 is 24.9 Å². The number of phenolic OH excluding ortho intramolecular Hbond substituents is 2. The van der Waals surface area contributed by atoms with Gasteiger partial charge < -0.3 is 10.2 Å². The van der Waals surface area contributed by atoms with Gasteiger partial charge in [-0.15, -0.1) is 0 Å². The number of aryl methyl sites for hydroxylation is 2. The molecule has 2 N–H and O–H groups in total. The standard InChI is InChI=1S/C30H36N4O2.2Zn/c1-19-11-21-15-31-25-7-3-5-9-27(25)33-17-23-13-20(2)14-24(30(23)36)18-34-28-10-6-4-8-26(28)32-16-22(12-19)29(21)35;;/h11-18,25-28,35-36H,3-10H2,1-2H3;;/q;2*+2/t25-,26-,27+,28+;;. The van der Waals surface area contributed by atoms with Gasteiger partial charge in [0.15, 0.2) is 0 Å². The van der Waals surface area contributed by atoms with Crippen LogP contribution < -0.4 is 0 Å². The third kappa shape index (κ3) is 7.13. The van der Waals surface area contributed by atoms with E-state index in [1.54, 1.807) is 24.9 Å². The summed E-state index contributed by atoms with van der Waals surface area (Å²) in [6, 6.07) is 8.05. The van der Waals surface area contributed by atoms with Crippen LogP contribution in [0.2, 0.25) is 0 Å². The monoisotopic (exact) mass is 612 g/mol. The van der Waals surface area contributed by atoms with Crippen LogP contribution >= 0.6 is 0 Å². The Bertz CT molecular complexity index is 1060. The van der Waals surface area contributed by atoms with E-state index in [9.17, 15) is 10.2 Å². The summed E-state index contributed by atoms with van der Waals surface area (Å²) in [5.74, 6) is 0.438. The van der Waals surface area contributed by atoms with Gasteiger partial charge in [0.05, 0.1) is 24.2 Å². The quantitative estimate of drug-likeness (QED) is 0.372. The van der Waals surface area contributed by atoms with Crippen LogP contribution in [0.25, 0.3) is 0 Å². The van der Waals surface area contributed by atoms with Crippen LogP contribution in [0.1, 0.15) is 84.7 Å². The molecule has 2 aromatic carbocycles. The molecular formula is C30H36N4O2Zn2+4. The summed E-state index contributed by atoms with van der Waals surface area (Å²) in [6.07, 6.45) is 15.5. The molecule has 0 saturated heterocycles. The second-order valence-corrected chi connectivity index (χ2v) is 10.5. The Hall–Kier alpha value is -2.03. The summed E-state index contributed by atoms with van der Waals surface area (Å²) in [5.41, 5.74) is 4.97. The molecule has 5 rings (SSSR count). The average Bonchev–Trinajstić information content (AvgIpc) is 2.88. The first kappa shape index (κ1) is 30.5. The Labute approximate surface area is 251 Å². The number of aliphatic imine (C=N–C) groups is 4. The minimum Gasteiger partial charge on any atom is -0.507 e. The zero-order valence-electron chi connectivity index (χ0n) is 22.7. The van der Waals surface area contributed by atoms with E-state index in [1.807, 2.05) is 38.1 Å². The molecule has 2 aromatic rings. The molecule has 1 aliphatic heterocycles. The third-order valence-corrected chi connectivity index (χ3v) is 7.63. The molecule has 4 bridgehead atoms.